The zero-order valence-corrected chi connectivity index (χ0v) is 30.6. The fourth-order valence-corrected chi connectivity index (χ4v) is 8.61. The van der Waals surface area contributed by atoms with Gasteiger partial charge in [0, 0.05) is 32.8 Å². The molecule has 11 aromatic rings. The third-order valence-electron chi connectivity index (χ3n) is 11.3. The van der Waals surface area contributed by atoms with Gasteiger partial charge < -0.3 is 9.32 Å². The van der Waals surface area contributed by atoms with E-state index in [0.29, 0.717) is 0 Å². The van der Waals surface area contributed by atoms with Gasteiger partial charge in [-0.2, -0.15) is 0 Å². The van der Waals surface area contributed by atoms with Gasteiger partial charge in [0.15, 0.2) is 0 Å². The molecular formula is C54H35NO. The highest BCUT2D eigenvalue weighted by molar-refractivity contribution is 6.20. The number of para-hydroxylation sites is 1. The van der Waals surface area contributed by atoms with Gasteiger partial charge in [-0.05, 0) is 85.8 Å². The Kier molecular flexibility index (Phi) is 7.53. The van der Waals surface area contributed by atoms with Crippen LogP contribution in [0.1, 0.15) is 0 Å². The molecule has 2 nitrogen and oxygen atoms in total. The Balaban J connectivity index is 1.05. The number of furan rings is 1. The maximum absolute atomic E-state index is 6.65. The minimum atomic E-state index is 0.885. The average molecular weight is 714 g/mol. The first-order chi connectivity index (χ1) is 27.8. The molecular weight excluding hydrogens is 679 g/mol. The molecule has 1 heterocycles. The second-order valence-corrected chi connectivity index (χ2v) is 14.4. The van der Waals surface area contributed by atoms with E-state index in [1.807, 2.05) is 0 Å². The molecule has 0 N–H and O–H groups in total. The van der Waals surface area contributed by atoms with Gasteiger partial charge in [-0.15, -0.1) is 0 Å². The van der Waals surface area contributed by atoms with Crippen LogP contribution in [0, 0.1) is 0 Å². The van der Waals surface area contributed by atoms with E-state index in [9.17, 15) is 0 Å². The molecule has 262 valence electrons. The monoisotopic (exact) mass is 713 g/mol. The first kappa shape index (κ1) is 32.0. The van der Waals surface area contributed by atoms with Crippen molar-refractivity contribution >= 4 is 71.3 Å². The molecule has 0 atom stereocenters. The maximum atomic E-state index is 6.65. The van der Waals surface area contributed by atoms with Gasteiger partial charge in [0.25, 0.3) is 0 Å². The molecule has 0 unspecified atom stereocenters. The average Bonchev–Trinajstić information content (AvgIpc) is 3.67. The van der Waals surface area contributed by atoms with Crippen LogP contribution < -0.4 is 4.90 Å². The summed E-state index contributed by atoms with van der Waals surface area (Å²) in [6.45, 7) is 0. The number of benzene rings is 10. The van der Waals surface area contributed by atoms with Crippen molar-refractivity contribution in [1.29, 1.82) is 0 Å². The van der Waals surface area contributed by atoms with Crippen LogP contribution in [-0.4, -0.2) is 0 Å². The number of rotatable bonds is 6. The summed E-state index contributed by atoms with van der Waals surface area (Å²) in [4.78, 5) is 2.42. The zero-order chi connectivity index (χ0) is 37.0. The standard InChI is InChI=1S/C54H35NO/c1-4-17-43-38(12-1)15-9-21-44(43)41-28-26-36(27-29-41)37-30-33-42(34-31-37)55(50-24-10-16-39-13-2-5-18-45(39)50)51-23-8-7-20-47(51)48-22-11-25-52-53(48)49-35-32-40-14-3-6-19-46(40)54(49)56-52/h1-35H. The zero-order valence-electron chi connectivity index (χ0n) is 30.6. The van der Waals surface area contributed by atoms with Crippen LogP contribution in [0.15, 0.2) is 217 Å². The molecule has 0 saturated heterocycles. The van der Waals surface area contributed by atoms with E-state index in [0.717, 1.165) is 55.5 Å². The van der Waals surface area contributed by atoms with E-state index in [-0.39, 0.29) is 0 Å². The number of anilines is 3. The molecule has 0 bridgehead atoms. The molecule has 56 heavy (non-hydrogen) atoms. The van der Waals surface area contributed by atoms with Gasteiger partial charge >= 0.3 is 0 Å². The van der Waals surface area contributed by atoms with Crippen molar-refractivity contribution in [3.05, 3.63) is 212 Å². The fourth-order valence-electron chi connectivity index (χ4n) is 8.61. The highest BCUT2D eigenvalue weighted by Crippen LogP contribution is 2.47. The smallest absolute Gasteiger partial charge is 0.143 e. The normalized spacial score (nSPS) is 11.6. The van der Waals surface area contributed by atoms with Crippen LogP contribution >= 0.6 is 0 Å². The van der Waals surface area contributed by atoms with E-state index in [2.05, 4.69) is 217 Å². The third kappa shape index (κ3) is 5.26. The summed E-state index contributed by atoms with van der Waals surface area (Å²) in [5.41, 5.74) is 12.2. The Morgan fingerprint density at radius 2 is 0.821 bits per heavy atom. The summed E-state index contributed by atoms with van der Waals surface area (Å²) in [7, 11) is 0. The lowest BCUT2D eigenvalue weighted by atomic mass is 9.95. The predicted octanol–water partition coefficient (Wildman–Crippen LogP) is 15.5. The van der Waals surface area contributed by atoms with Crippen molar-refractivity contribution in [2.24, 2.45) is 0 Å². The highest BCUT2D eigenvalue weighted by atomic mass is 16.3. The Labute approximate surface area is 325 Å². The minimum Gasteiger partial charge on any atom is -0.455 e. The second kappa shape index (κ2) is 13.2. The molecule has 0 saturated carbocycles. The molecule has 0 amide bonds. The van der Waals surface area contributed by atoms with E-state index in [1.165, 1.54) is 49.2 Å². The number of nitrogens with zero attached hydrogens (tertiary/aromatic N) is 1. The molecule has 10 aromatic carbocycles. The van der Waals surface area contributed by atoms with Gasteiger partial charge in [-0.25, -0.2) is 0 Å². The molecule has 0 aliphatic rings. The van der Waals surface area contributed by atoms with Crippen molar-refractivity contribution in [3.63, 3.8) is 0 Å². The van der Waals surface area contributed by atoms with E-state index in [1.54, 1.807) is 0 Å². The quantitative estimate of drug-likeness (QED) is 0.171. The molecule has 11 rings (SSSR count). The Bertz CT molecular complexity index is 3230. The molecule has 0 fully saturated rings. The van der Waals surface area contributed by atoms with Gasteiger partial charge in [0.1, 0.15) is 11.2 Å². The number of hydrogen-bond acceptors (Lipinski definition) is 2. The first-order valence-electron chi connectivity index (χ1n) is 19.2. The first-order valence-corrected chi connectivity index (χ1v) is 19.2. The molecule has 0 aliphatic heterocycles. The summed E-state index contributed by atoms with van der Waals surface area (Å²) >= 11 is 0. The molecule has 0 aliphatic carbocycles. The second-order valence-electron chi connectivity index (χ2n) is 14.4. The van der Waals surface area contributed by atoms with Crippen molar-refractivity contribution in [2.45, 2.75) is 0 Å². The van der Waals surface area contributed by atoms with Crippen LogP contribution in [0.2, 0.25) is 0 Å². The van der Waals surface area contributed by atoms with Crippen LogP contribution in [0.5, 0.6) is 0 Å². The summed E-state index contributed by atoms with van der Waals surface area (Å²) < 4.78 is 6.65. The summed E-state index contributed by atoms with van der Waals surface area (Å²) in [6, 6.07) is 76.4. The van der Waals surface area contributed by atoms with Crippen molar-refractivity contribution in [2.75, 3.05) is 4.90 Å². The predicted molar refractivity (Wildman–Crippen MR) is 237 cm³/mol. The van der Waals surface area contributed by atoms with Crippen LogP contribution in [-0.2, 0) is 0 Å². The number of fused-ring (bicyclic) bond motifs is 7. The van der Waals surface area contributed by atoms with Crippen LogP contribution in [0.3, 0.4) is 0 Å². The van der Waals surface area contributed by atoms with Gasteiger partial charge in [-0.1, -0.05) is 176 Å². The summed E-state index contributed by atoms with van der Waals surface area (Å²) in [6.07, 6.45) is 0. The SMILES string of the molecule is c1ccc(N(c2ccc(-c3ccc(-c4cccc5ccccc45)cc3)cc2)c2cccc3ccccc23)c(-c2cccc3oc4c5ccccc5ccc4c23)c1. The minimum absolute atomic E-state index is 0.885. The lowest BCUT2D eigenvalue weighted by Crippen LogP contribution is -2.11. The maximum Gasteiger partial charge on any atom is 0.143 e. The lowest BCUT2D eigenvalue weighted by Gasteiger charge is -2.29. The molecule has 0 spiro atoms. The fraction of sp³-hybridized carbons (Fsp3) is 0. The summed E-state index contributed by atoms with van der Waals surface area (Å²) in [5.74, 6) is 0. The van der Waals surface area contributed by atoms with Crippen LogP contribution in [0.25, 0.3) is 87.6 Å². The highest BCUT2D eigenvalue weighted by Gasteiger charge is 2.22. The van der Waals surface area contributed by atoms with E-state index in [4.69, 9.17) is 4.42 Å². The lowest BCUT2D eigenvalue weighted by molar-refractivity contribution is 0.673. The Hall–Kier alpha value is -7.42. The summed E-state index contributed by atoms with van der Waals surface area (Å²) in [5, 5.41) is 9.46. The van der Waals surface area contributed by atoms with Gasteiger partial charge in [0.05, 0.1) is 11.4 Å². The largest absolute Gasteiger partial charge is 0.455 e. The van der Waals surface area contributed by atoms with E-state index >= 15 is 0 Å². The Morgan fingerprint density at radius 1 is 0.304 bits per heavy atom. The third-order valence-corrected chi connectivity index (χ3v) is 11.3. The molecule has 1 aromatic heterocycles. The van der Waals surface area contributed by atoms with Gasteiger partial charge in [-0.3, -0.25) is 0 Å². The number of hydrogen-bond donors (Lipinski definition) is 0. The van der Waals surface area contributed by atoms with Crippen molar-refractivity contribution < 1.29 is 4.42 Å². The van der Waals surface area contributed by atoms with E-state index < -0.39 is 0 Å². The topological polar surface area (TPSA) is 16.4 Å². The Morgan fingerprint density at radius 3 is 1.61 bits per heavy atom. The van der Waals surface area contributed by atoms with Crippen LogP contribution in [0.4, 0.5) is 17.1 Å². The van der Waals surface area contributed by atoms with Gasteiger partial charge in [0.2, 0.25) is 0 Å². The molecule has 2 heteroatoms. The van der Waals surface area contributed by atoms with Crippen molar-refractivity contribution in [1.82, 2.24) is 0 Å². The molecule has 0 radical (unpaired) electrons. The van der Waals surface area contributed by atoms with Crippen molar-refractivity contribution in [3.8, 4) is 33.4 Å².